The van der Waals surface area contributed by atoms with Gasteiger partial charge in [-0.3, -0.25) is 24.6 Å². The fraction of sp³-hybridized carbons (Fsp3) is 0.182. The van der Waals surface area contributed by atoms with Crippen molar-refractivity contribution in [1.82, 2.24) is 15.0 Å². The summed E-state index contributed by atoms with van der Waals surface area (Å²) in [6.07, 6.45) is 1.35. The first-order chi connectivity index (χ1) is 9.42. The van der Waals surface area contributed by atoms with E-state index in [9.17, 15) is 14.4 Å². The second-order valence-corrected chi connectivity index (χ2v) is 4.87. The van der Waals surface area contributed by atoms with Gasteiger partial charge in [0.25, 0.3) is 11.5 Å². The quantitative estimate of drug-likeness (QED) is 0.406. The Bertz CT molecular complexity index is 773. The highest BCUT2D eigenvalue weighted by atomic mass is 79.9. The summed E-state index contributed by atoms with van der Waals surface area (Å²) >= 11 is 3.03. The van der Waals surface area contributed by atoms with E-state index in [1.165, 1.54) is 16.8 Å². The van der Waals surface area contributed by atoms with Crippen molar-refractivity contribution in [3.05, 3.63) is 54.7 Å². The average molecular weight is 343 g/mol. The summed E-state index contributed by atoms with van der Waals surface area (Å²) in [6, 6.07) is 1.49. The Kier molecular flexibility index (Phi) is 3.91. The molecule has 2 rings (SSSR count). The van der Waals surface area contributed by atoms with Gasteiger partial charge >= 0.3 is 5.69 Å². The van der Waals surface area contributed by atoms with Crippen molar-refractivity contribution >= 4 is 21.8 Å². The third-order valence-corrected chi connectivity index (χ3v) is 3.20. The van der Waals surface area contributed by atoms with Gasteiger partial charge in [-0.25, -0.2) is 10.6 Å². The summed E-state index contributed by atoms with van der Waals surface area (Å²) in [7, 11) is 0. The maximum absolute atomic E-state index is 11.6. The van der Waals surface area contributed by atoms with E-state index in [1.54, 1.807) is 6.92 Å². The molecule has 8 nitrogen and oxygen atoms in total. The van der Waals surface area contributed by atoms with E-state index in [2.05, 4.69) is 20.9 Å². The summed E-state index contributed by atoms with van der Waals surface area (Å²) in [5.41, 5.74) is 1.21. The molecule has 0 atom stereocenters. The summed E-state index contributed by atoms with van der Waals surface area (Å²) in [5.74, 6) is 5.35. The predicted molar refractivity (Wildman–Crippen MR) is 73.2 cm³/mol. The van der Waals surface area contributed by atoms with E-state index in [-0.39, 0.29) is 11.0 Å². The summed E-state index contributed by atoms with van der Waals surface area (Å²) < 4.78 is 6.85. The fourth-order valence-corrected chi connectivity index (χ4v) is 2.04. The van der Waals surface area contributed by atoms with Gasteiger partial charge < -0.3 is 4.42 Å². The normalized spacial score (nSPS) is 10.6. The lowest BCUT2D eigenvalue weighted by Gasteiger charge is -2.02. The molecule has 0 spiro atoms. The molecule has 106 valence electrons. The SMILES string of the molecule is Cc1oc(Cn2cc(Br)c(=O)[nH]c2=O)cc1C(=O)NN. The number of hydrazine groups is 1. The van der Waals surface area contributed by atoms with Crippen LogP contribution in [0.15, 0.2) is 30.7 Å². The minimum absolute atomic E-state index is 0.0763. The first-order valence-electron chi connectivity index (χ1n) is 5.52. The molecular formula is C11H11BrN4O4. The number of nitrogens with zero attached hydrogens (tertiary/aromatic N) is 1. The Morgan fingerprint density at radius 1 is 1.55 bits per heavy atom. The molecule has 2 aromatic rings. The number of aromatic amines is 1. The Morgan fingerprint density at radius 2 is 2.25 bits per heavy atom. The molecule has 0 aliphatic heterocycles. The number of nitrogens with one attached hydrogen (secondary N) is 2. The molecule has 0 aliphatic rings. The number of carbonyl (C=O) groups excluding carboxylic acids is 1. The average Bonchev–Trinajstić information content (AvgIpc) is 2.76. The van der Waals surface area contributed by atoms with Crippen LogP contribution in [0.2, 0.25) is 0 Å². The highest BCUT2D eigenvalue weighted by Gasteiger charge is 2.14. The standard InChI is InChI=1S/C11H11BrN4O4/c1-5-7(9(17)15-13)2-6(20-5)3-16-4-8(12)10(18)14-11(16)19/h2,4H,3,13H2,1H3,(H,15,17)(H,14,18,19). The number of aromatic nitrogens is 2. The number of H-pyrrole nitrogens is 1. The Labute approximate surface area is 120 Å². The van der Waals surface area contributed by atoms with Gasteiger partial charge in [-0.1, -0.05) is 0 Å². The number of hydrogen-bond donors (Lipinski definition) is 3. The van der Waals surface area contributed by atoms with Crippen LogP contribution < -0.4 is 22.5 Å². The minimum Gasteiger partial charge on any atom is -0.464 e. The van der Waals surface area contributed by atoms with Crippen molar-refractivity contribution in [3.8, 4) is 0 Å². The lowest BCUT2D eigenvalue weighted by atomic mass is 10.2. The molecule has 2 aromatic heterocycles. The molecule has 0 saturated heterocycles. The van der Waals surface area contributed by atoms with Gasteiger partial charge in [0.15, 0.2) is 0 Å². The van der Waals surface area contributed by atoms with Gasteiger partial charge in [0.1, 0.15) is 11.5 Å². The van der Waals surface area contributed by atoms with E-state index in [0.717, 1.165) is 0 Å². The van der Waals surface area contributed by atoms with Crippen LogP contribution in [-0.2, 0) is 6.54 Å². The predicted octanol–water partition coefficient (Wildman–Crippen LogP) is -0.148. The minimum atomic E-state index is -0.572. The van der Waals surface area contributed by atoms with E-state index in [4.69, 9.17) is 10.3 Å². The van der Waals surface area contributed by atoms with Crippen LogP contribution in [0.25, 0.3) is 0 Å². The van der Waals surface area contributed by atoms with Crippen LogP contribution in [0.5, 0.6) is 0 Å². The largest absolute Gasteiger partial charge is 0.464 e. The van der Waals surface area contributed by atoms with E-state index in [1.807, 2.05) is 5.43 Å². The van der Waals surface area contributed by atoms with Crippen LogP contribution in [0.3, 0.4) is 0 Å². The Morgan fingerprint density at radius 3 is 2.90 bits per heavy atom. The Hall–Kier alpha value is -2.13. The molecule has 0 unspecified atom stereocenters. The maximum atomic E-state index is 11.6. The van der Waals surface area contributed by atoms with Crippen LogP contribution in [0, 0.1) is 6.92 Å². The maximum Gasteiger partial charge on any atom is 0.328 e. The zero-order chi connectivity index (χ0) is 14.9. The zero-order valence-electron chi connectivity index (χ0n) is 10.4. The molecular weight excluding hydrogens is 332 g/mol. The third-order valence-electron chi connectivity index (χ3n) is 2.64. The number of nitrogen functional groups attached to an aromatic ring is 1. The topological polar surface area (TPSA) is 123 Å². The number of rotatable bonds is 3. The highest BCUT2D eigenvalue weighted by Crippen LogP contribution is 2.15. The summed E-state index contributed by atoms with van der Waals surface area (Å²) in [4.78, 5) is 36.4. The molecule has 0 fully saturated rings. The number of furan rings is 1. The van der Waals surface area contributed by atoms with Gasteiger partial charge in [0.2, 0.25) is 0 Å². The summed E-state index contributed by atoms with van der Waals surface area (Å²) in [6.45, 7) is 1.69. The van der Waals surface area contributed by atoms with Gasteiger partial charge in [0, 0.05) is 6.20 Å². The number of amides is 1. The number of aryl methyl sites for hydroxylation is 1. The highest BCUT2D eigenvalue weighted by molar-refractivity contribution is 9.10. The molecule has 0 radical (unpaired) electrons. The number of hydrogen-bond acceptors (Lipinski definition) is 5. The van der Waals surface area contributed by atoms with Crippen LogP contribution in [-0.4, -0.2) is 15.5 Å². The van der Waals surface area contributed by atoms with Gasteiger partial charge in [-0.05, 0) is 28.9 Å². The van der Waals surface area contributed by atoms with Crippen molar-refractivity contribution in [2.45, 2.75) is 13.5 Å². The number of carbonyl (C=O) groups is 1. The van der Waals surface area contributed by atoms with Crippen molar-refractivity contribution in [1.29, 1.82) is 0 Å². The first-order valence-corrected chi connectivity index (χ1v) is 6.31. The molecule has 0 aliphatic carbocycles. The lowest BCUT2D eigenvalue weighted by molar-refractivity contribution is 0.0952. The summed E-state index contributed by atoms with van der Waals surface area (Å²) in [5, 5.41) is 0. The monoisotopic (exact) mass is 342 g/mol. The molecule has 0 aromatic carbocycles. The van der Waals surface area contributed by atoms with Gasteiger partial charge in [0.05, 0.1) is 16.6 Å². The fourth-order valence-electron chi connectivity index (χ4n) is 1.69. The molecule has 1 amide bonds. The van der Waals surface area contributed by atoms with E-state index in [0.29, 0.717) is 17.1 Å². The lowest BCUT2D eigenvalue weighted by Crippen LogP contribution is -2.30. The second-order valence-electron chi connectivity index (χ2n) is 4.02. The van der Waals surface area contributed by atoms with E-state index < -0.39 is 17.2 Å². The van der Waals surface area contributed by atoms with Crippen LogP contribution in [0.1, 0.15) is 21.9 Å². The second kappa shape index (κ2) is 5.47. The van der Waals surface area contributed by atoms with Crippen LogP contribution >= 0.6 is 15.9 Å². The Balaban J connectivity index is 2.36. The zero-order valence-corrected chi connectivity index (χ0v) is 12.0. The van der Waals surface area contributed by atoms with Crippen molar-refractivity contribution in [2.24, 2.45) is 5.84 Å². The van der Waals surface area contributed by atoms with Crippen molar-refractivity contribution in [3.63, 3.8) is 0 Å². The number of nitrogens with two attached hydrogens (primary N) is 1. The molecule has 9 heteroatoms. The van der Waals surface area contributed by atoms with Crippen LogP contribution in [0.4, 0.5) is 0 Å². The van der Waals surface area contributed by atoms with E-state index >= 15 is 0 Å². The molecule has 0 saturated carbocycles. The van der Waals surface area contributed by atoms with Crippen molar-refractivity contribution in [2.75, 3.05) is 0 Å². The molecule has 4 N–H and O–H groups in total. The van der Waals surface area contributed by atoms with Crippen molar-refractivity contribution < 1.29 is 9.21 Å². The molecule has 20 heavy (non-hydrogen) atoms. The van der Waals surface area contributed by atoms with Gasteiger partial charge in [-0.15, -0.1) is 0 Å². The smallest absolute Gasteiger partial charge is 0.328 e. The van der Waals surface area contributed by atoms with Gasteiger partial charge in [-0.2, -0.15) is 0 Å². The number of halogens is 1. The third kappa shape index (κ3) is 2.73. The first kappa shape index (κ1) is 14.3. The molecule has 0 bridgehead atoms. The molecule has 2 heterocycles.